The molecule has 0 aromatic heterocycles. The molecule has 0 amide bonds. The fraction of sp³-hybridized carbons (Fsp3) is 0.696. The molecule has 0 saturated heterocycles. The first-order valence-corrected chi connectivity index (χ1v) is 10.7. The number of aryl methyl sites for hydroxylation is 1. The Morgan fingerprint density at radius 2 is 2.07 bits per heavy atom. The number of phenols is 1. The molecule has 4 rings (SSSR count). The van der Waals surface area contributed by atoms with Gasteiger partial charge >= 0.3 is 5.97 Å². The molecule has 0 aliphatic heterocycles. The van der Waals surface area contributed by atoms with Crippen LogP contribution in [0.5, 0.6) is 11.5 Å². The summed E-state index contributed by atoms with van der Waals surface area (Å²) in [5.41, 5.74) is 2.32. The topological polar surface area (TPSA) is 66.8 Å². The molecule has 4 heteroatoms. The molecule has 2 N–H and O–H groups in total. The number of aliphatic hydroxyl groups is 1. The molecule has 0 radical (unpaired) electrons. The Hall–Kier alpha value is -1.55. The lowest BCUT2D eigenvalue weighted by molar-refractivity contribution is -0.134. The third-order valence-corrected chi connectivity index (χ3v) is 7.68. The molecule has 4 nitrogen and oxygen atoms in total. The van der Waals surface area contributed by atoms with E-state index in [0.717, 1.165) is 62.5 Å². The number of fused-ring (bicyclic) bond motifs is 5. The number of aliphatic hydroxyl groups excluding tert-OH is 1. The Morgan fingerprint density at radius 1 is 1.26 bits per heavy atom. The van der Waals surface area contributed by atoms with E-state index in [1.165, 1.54) is 0 Å². The average molecular weight is 373 g/mol. The molecule has 2 fully saturated rings. The summed E-state index contributed by atoms with van der Waals surface area (Å²) < 4.78 is 5.75. The third-order valence-electron chi connectivity index (χ3n) is 7.68. The van der Waals surface area contributed by atoms with Gasteiger partial charge in [-0.05, 0) is 79.7 Å². The molecule has 3 aliphatic rings. The van der Waals surface area contributed by atoms with Crippen molar-refractivity contribution in [2.45, 2.75) is 83.7 Å². The van der Waals surface area contributed by atoms with Gasteiger partial charge in [0, 0.05) is 18.1 Å². The predicted octanol–water partition coefficient (Wildman–Crippen LogP) is 4.70. The molecule has 148 valence electrons. The summed E-state index contributed by atoms with van der Waals surface area (Å²) >= 11 is 0. The Kier molecular flexibility index (Phi) is 4.96. The number of benzene rings is 1. The zero-order valence-corrected chi connectivity index (χ0v) is 16.5. The predicted molar refractivity (Wildman–Crippen MR) is 104 cm³/mol. The van der Waals surface area contributed by atoms with Gasteiger partial charge in [0.05, 0.1) is 6.10 Å². The minimum absolute atomic E-state index is 0.0353. The maximum absolute atomic E-state index is 12.3. The van der Waals surface area contributed by atoms with E-state index in [0.29, 0.717) is 29.9 Å². The van der Waals surface area contributed by atoms with Crippen LogP contribution in [0, 0.1) is 17.3 Å². The van der Waals surface area contributed by atoms with Crippen LogP contribution in [0.4, 0.5) is 0 Å². The molecular formula is C23H32O4. The number of esters is 1. The number of ether oxygens (including phenoxy) is 1. The number of rotatable bonds is 4. The van der Waals surface area contributed by atoms with Crippen LogP contribution in [0.25, 0.3) is 0 Å². The van der Waals surface area contributed by atoms with E-state index in [4.69, 9.17) is 4.74 Å². The van der Waals surface area contributed by atoms with Gasteiger partial charge in [0.2, 0.25) is 0 Å². The molecule has 1 aromatic carbocycles. The maximum atomic E-state index is 12.3. The summed E-state index contributed by atoms with van der Waals surface area (Å²) in [7, 11) is 0. The lowest BCUT2D eigenvalue weighted by Crippen LogP contribution is -2.44. The molecule has 1 aromatic rings. The highest BCUT2D eigenvalue weighted by Gasteiger charge is 2.54. The Labute approximate surface area is 161 Å². The van der Waals surface area contributed by atoms with Gasteiger partial charge in [-0.1, -0.05) is 20.3 Å². The van der Waals surface area contributed by atoms with Crippen molar-refractivity contribution < 1.29 is 19.7 Å². The van der Waals surface area contributed by atoms with Crippen LogP contribution in [-0.2, 0) is 11.2 Å². The Morgan fingerprint density at radius 3 is 2.85 bits per heavy atom. The number of carbonyl (C=O) groups excluding carboxylic acids is 1. The number of unbranched alkanes of at least 4 members (excludes halogenated alkanes) is 1. The SMILES string of the molecule is CCCCC(=O)Oc1cc(O)cc2c1[C@H]1CC[C@]3(C)[C@@H](O)CC[C@H]3[C@H]1CC2. The quantitative estimate of drug-likeness (QED) is 0.594. The van der Waals surface area contributed by atoms with E-state index < -0.39 is 0 Å². The summed E-state index contributed by atoms with van der Waals surface area (Å²) in [4.78, 5) is 12.3. The van der Waals surface area contributed by atoms with E-state index in [2.05, 4.69) is 13.8 Å². The van der Waals surface area contributed by atoms with Gasteiger partial charge in [0.15, 0.2) is 0 Å². The zero-order valence-electron chi connectivity index (χ0n) is 16.5. The van der Waals surface area contributed by atoms with Crippen molar-refractivity contribution in [1.82, 2.24) is 0 Å². The van der Waals surface area contributed by atoms with Crippen LogP contribution < -0.4 is 4.74 Å². The van der Waals surface area contributed by atoms with Crippen LogP contribution in [0.2, 0.25) is 0 Å². The van der Waals surface area contributed by atoms with Crippen molar-refractivity contribution in [3.8, 4) is 11.5 Å². The van der Waals surface area contributed by atoms with E-state index in [1.54, 1.807) is 6.07 Å². The fourth-order valence-corrected chi connectivity index (χ4v) is 6.22. The van der Waals surface area contributed by atoms with Crippen molar-refractivity contribution in [3.63, 3.8) is 0 Å². The van der Waals surface area contributed by atoms with Gasteiger partial charge in [-0.3, -0.25) is 4.79 Å². The van der Waals surface area contributed by atoms with E-state index in [1.807, 2.05) is 6.07 Å². The Bertz CT molecular complexity index is 727. The number of hydrogen-bond acceptors (Lipinski definition) is 4. The van der Waals surface area contributed by atoms with Crippen LogP contribution in [0.1, 0.15) is 82.3 Å². The summed E-state index contributed by atoms with van der Waals surface area (Å²) in [5.74, 6) is 1.99. The Balaban J connectivity index is 1.66. The normalized spacial score (nSPS) is 34.5. The molecule has 0 heterocycles. The lowest BCUT2D eigenvalue weighted by Gasteiger charge is -2.50. The summed E-state index contributed by atoms with van der Waals surface area (Å²) in [6.07, 6.45) is 8.06. The van der Waals surface area contributed by atoms with Crippen molar-refractivity contribution in [3.05, 3.63) is 23.3 Å². The monoisotopic (exact) mass is 372 g/mol. The van der Waals surface area contributed by atoms with Crippen molar-refractivity contribution >= 4 is 5.97 Å². The molecular weight excluding hydrogens is 340 g/mol. The van der Waals surface area contributed by atoms with E-state index in [-0.39, 0.29) is 23.2 Å². The lowest BCUT2D eigenvalue weighted by atomic mass is 9.55. The highest BCUT2D eigenvalue weighted by Crippen LogP contribution is 2.62. The van der Waals surface area contributed by atoms with Gasteiger partial charge in [-0.25, -0.2) is 0 Å². The second kappa shape index (κ2) is 7.12. The van der Waals surface area contributed by atoms with Crippen LogP contribution in [-0.4, -0.2) is 22.3 Å². The minimum atomic E-state index is -0.205. The third kappa shape index (κ3) is 3.16. The van der Waals surface area contributed by atoms with Gasteiger partial charge in [-0.15, -0.1) is 0 Å². The molecule has 3 aliphatic carbocycles. The van der Waals surface area contributed by atoms with Crippen molar-refractivity contribution in [2.24, 2.45) is 17.3 Å². The van der Waals surface area contributed by atoms with Crippen LogP contribution in [0.15, 0.2) is 12.1 Å². The van der Waals surface area contributed by atoms with Crippen LogP contribution in [0.3, 0.4) is 0 Å². The zero-order chi connectivity index (χ0) is 19.2. The molecule has 5 atom stereocenters. The van der Waals surface area contributed by atoms with Crippen molar-refractivity contribution in [1.29, 1.82) is 0 Å². The molecule has 0 unspecified atom stereocenters. The van der Waals surface area contributed by atoms with Gasteiger partial charge in [-0.2, -0.15) is 0 Å². The van der Waals surface area contributed by atoms with E-state index >= 15 is 0 Å². The first kappa shape index (κ1) is 18.8. The second-order valence-corrected chi connectivity index (χ2v) is 9.15. The summed E-state index contributed by atoms with van der Waals surface area (Å²) in [6, 6.07) is 3.48. The highest BCUT2D eigenvalue weighted by atomic mass is 16.5. The van der Waals surface area contributed by atoms with E-state index in [9.17, 15) is 15.0 Å². The minimum Gasteiger partial charge on any atom is -0.508 e. The number of carbonyl (C=O) groups is 1. The molecule has 2 saturated carbocycles. The smallest absolute Gasteiger partial charge is 0.311 e. The summed E-state index contributed by atoms with van der Waals surface area (Å²) in [6.45, 7) is 4.33. The fourth-order valence-electron chi connectivity index (χ4n) is 6.22. The first-order valence-electron chi connectivity index (χ1n) is 10.7. The number of aromatic hydroxyl groups is 1. The largest absolute Gasteiger partial charge is 0.508 e. The first-order chi connectivity index (χ1) is 12.9. The standard InChI is InChI=1S/C23H32O4/c1-3-4-5-21(26)27-19-13-15(24)12-14-6-7-16-17(22(14)19)10-11-23(2)18(16)8-9-20(23)25/h12-13,16-18,20,24-25H,3-11H2,1-2H3/t16-,17-,18-,20-,23-/m0/s1. The van der Waals surface area contributed by atoms with Gasteiger partial charge < -0.3 is 14.9 Å². The molecule has 0 spiro atoms. The average Bonchev–Trinajstić information content (AvgIpc) is 2.94. The molecule has 27 heavy (non-hydrogen) atoms. The van der Waals surface area contributed by atoms with Gasteiger partial charge in [0.1, 0.15) is 11.5 Å². The number of phenolic OH excluding ortho intramolecular Hbond substituents is 1. The number of hydrogen-bond donors (Lipinski definition) is 2. The highest BCUT2D eigenvalue weighted by molar-refractivity contribution is 5.73. The second-order valence-electron chi connectivity index (χ2n) is 9.15. The van der Waals surface area contributed by atoms with Crippen LogP contribution >= 0.6 is 0 Å². The van der Waals surface area contributed by atoms with Crippen molar-refractivity contribution in [2.75, 3.05) is 0 Å². The molecule has 0 bridgehead atoms. The van der Waals surface area contributed by atoms with Gasteiger partial charge in [0.25, 0.3) is 0 Å². The maximum Gasteiger partial charge on any atom is 0.311 e. The summed E-state index contributed by atoms with van der Waals surface area (Å²) in [5, 5.41) is 20.7.